The van der Waals surface area contributed by atoms with E-state index in [2.05, 4.69) is 0 Å². The van der Waals surface area contributed by atoms with Gasteiger partial charge in [0.05, 0.1) is 0 Å². The van der Waals surface area contributed by atoms with E-state index in [0.717, 1.165) is 0 Å². The third kappa shape index (κ3) is 7.84. The molecule has 0 saturated heterocycles. The maximum absolute atomic E-state index is 11.0. The average Bonchev–Trinajstić information content (AvgIpc) is 2.40. The molecule has 20 heavy (non-hydrogen) atoms. The molecule has 1 rings (SSSR count). The second-order valence-electron chi connectivity index (χ2n) is 4.79. The minimum Gasteiger partial charge on any atom is -0.480 e. The van der Waals surface area contributed by atoms with E-state index in [1.807, 2.05) is 27.7 Å². The Morgan fingerprint density at radius 2 is 1.75 bits per heavy atom. The first kappa shape index (κ1) is 21.7. The van der Waals surface area contributed by atoms with Crippen molar-refractivity contribution >= 4 is 13.1 Å². The van der Waals surface area contributed by atoms with E-state index >= 15 is 0 Å². The topological polar surface area (TPSA) is 130 Å². The second kappa shape index (κ2) is 11.1. The molecular formula is C13H31BN2O4. The lowest BCUT2D eigenvalue weighted by atomic mass is 9.70. The van der Waals surface area contributed by atoms with E-state index in [-0.39, 0.29) is 24.7 Å². The van der Waals surface area contributed by atoms with Crippen LogP contribution in [-0.4, -0.2) is 39.8 Å². The highest BCUT2D eigenvalue weighted by molar-refractivity contribution is 6.40. The quantitative estimate of drug-likeness (QED) is 0.487. The third-order valence-electron chi connectivity index (χ3n) is 3.17. The van der Waals surface area contributed by atoms with Crippen LogP contribution in [0.15, 0.2) is 0 Å². The molecule has 0 aromatic carbocycles. The van der Waals surface area contributed by atoms with Crippen LogP contribution in [0, 0.1) is 5.92 Å². The van der Waals surface area contributed by atoms with Gasteiger partial charge in [-0.25, -0.2) is 0 Å². The first-order valence-corrected chi connectivity index (χ1v) is 7.47. The number of rotatable bonds is 4. The van der Waals surface area contributed by atoms with Gasteiger partial charge in [-0.3, -0.25) is 4.79 Å². The summed E-state index contributed by atoms with van der Waals surface area (Å²) >= 11 is 0. The Labute approximate surface area is 122 Å². The molecule has 1 aliphatic carbocycles. The Balaban J connectivity index is 0. The first-order chi connectivity index (χ1) is 9.33. The Bertz CT molecular complexity index is 267. The van der Waals surface area contributed by atoms with Crippen molar-refractivity contribution in [1.82, 2.24) is 0 Å². The van der Waals surface area contributed by atoms with Gasteiger partial charge in [0, 0.05) is 6.04 Å². The molecular weight excluding hydrogens is 259 g/mol. The van der Waals surface area contributed by atoms with E-state index in [9.17, 15) is 4.79 Å². The van der Waals surface area contributed by atoms with Gasteiger partial charge in [-0.05, 0) is 31.5 Å². The van der Waals surface area contributed by atoms with Gasteiger partial charge in [-0.1, -0.05) is 34.1 Å². The standard InChI is InChI=1S/C9H19BN2O4.2C2H6/c11-7-3-6(1-2-10(15)16)4-9(12,5-7)8(13)14;2*1-2/h6-7,15-16H,1-5,11-12H2,(H,13,14);2*1-2H3. The van der Waals surface area contributed by atoms with Gasteiger partial charge in [0.1, 0.15) is 5.54 Å². The van der Waals surface area contributed by atoms with Gasteiger partial charge in [-0.15, -0.1) is 0 Å². The molecule has 7 heteroatoms. The van der Waals surface area contributed by atoms with Crippen molar-refractivity contribution in [1.29, 1.82) is 0 Å². The summed E-state index contributed by atoms with van der Waals surface area (Å²) in [5, 5.41) is 26.6. The number of hydrogen-bond acceptors (Lipinski definition) is 5. The molecule has 0 aromatic heterocycles. The Morgan fingerprint density at radius 1 is 1.25 bits per heavy atom. The smallest absolute Gasteiger partial charge is 0.451 e. The summed E-state index contributed by atoms with van der Waals surface area (Å²) in [6, 6.07) is -0.226. The van der Waals surface area contributed by atoms with Gasteiger partial charge < -0.3 is 26.6 Å². The molecule has 6 nitrogen and oxygen atoms in total. The summed E-state index contributed by atoms with van der Waals surface area (Å²) in [5.74, 6) is -0.983. The molecule has 1 saturated carbocycles. The maximum Gasteiger partial charge on any atom is 0.451 e. The summed E-state index contributed by atoms with van der Waals surface area (Å²) in [4.78, 5) is 11.0. The van der Waals surface area contributed by atoms with Crippen LogP contribution in [0.4, 0.5) is 0 Å². The van der Waals surface area contributed by atoms with Crippen LogP contribution in [0.1, 0.15) is 53.4 Å². The third-order valence-corrected chi connectivity index (χ3v) is 3.17. The first-order valence-electron chi connectivity index (χ1n) is 7.47. The van der Waals surface area contributed by atoms with E-state index < -0.39 is 18.6 Å². The minimum atomic E-state index is -1.35. The van der Waals surface area contributed by atoms with Crippen LogP contribution in [0.5, 0.6) is 0 Å². The second-order valence-corrected chi connectivity index (χ2v) is 4.79. The number of nitrogens with two attached hydrogens (primary N) is 2. The summed E-state index contributed by atoms with van der Waals surface area (Å²) in [6.07, 6.45) is 2.09. The highest BCUT2D eigenvalue weighted by Crippen LogP contribution is 2.33. The lowest BCUT2D eigenvalue weighted by Gasteiger charge is -2.38. The molecule has 1 aliphatic rings. The molecule has 3 atom stereocenters. The molecule has 0 bridgehead atoms. The number of carboxylic acid groups (broad SMARTS) is 1. The Morgan fingerprint density at radius 3 is 2.15 bits per heavy atom. The lowest BCUT2D eigenvalue weighted by Crippen LogP contribution is -2.56. The highest BCUT2D eigenvalue weighted by atomic mass is 16.4. The van der Waals surface area contributed by atoms with E-state index in [1.165, 1.54) is 0 Å². The van der Waals surface area contributed by atoms with E-state index in [1.54, 1.807) is 0 Å². The SMILES string of the molecule is CC.CC.NC1CC(CCB(O)O)CC(N)(C(=O)O)C1. The average molecular weight is 290 g/mol. The maximum atomic E-state index is 11.0. The largest absolute Gasteiger partial charge is 0.480 e. The van der Waals surface area contributed by atoms with Gasteiger partial charge in [0.25, 0.3) is 0 Å². The summed E-state index contributed by atoms with van der Waals surface area (Å²) < 4.78 is 0. The zero-order valence-corrected chi connectivity index (χ0v) is 13.2. The van der Waals surface area contributed by atoms with Crippen molar-refractivity contribution in [3.8, 4) is 0 Å². The normalized spacial score (nSPS) is 28.4. The van der Waals surface area contributed by atoms with Crippen molar-refractivity contribution in [2.45, 2.75) is 71.3 Å². The van der Waals surface area contributed by atoms with Gasteiger partial charge in [-0.2, -0.15) is 0 Å². The zero-order chi connectivity index (χ0) is 16.3. The molecule has 0 heterocycles. The fraction of sp³-hybridized carbons (Fsp3) is 0.923. The van der Waals surface area contributed by atoms with Crippen molar-refractivity contribution < 1.29 is 19.9 Å². The molecule has 0 radical (unpaired) electrons. The van der Waals surface area contributed by atoms with Crippen molar-refractivity contribution in [3.05, 3.63) is 0 Å². The van der Waals surface area contributed by atoms with Crippen LogP contribution >= 0.6 is 0 Å². The highest BCUT2D eigenvalue weighted by Gasteiger charge is 2.42. The fourth-order valence-corrected chi connectivity index (χ4v) is 2.44. The van der Waals surface area contributed by atoms with E-state index in [0.29, 0.717) is 19.3 Å². The number of carbonyl (C=O) groups is 1. The number of aliphatic carboxylic acids is 1. The minimum absolute atomic E-state index is 0.0478. The Kier molecular flexibility index (Phi) is 12.0. The fourth-order valence-electron chi connectivity index (χ4n) is 2.44. The van der Waals surface area contributed by atoms with Crippen molar-refractivity contribution in [2.24, 2.45) is 17.4 Å². The Hall–Kier alpha value is -0.625. The lowest BCUT2D eigenvalue weighted by molar-refractivity contribution is -0.145. The summed E-state index contributed by atoms with van der Waals surface area (Å²) in [7, 11) is -1.35. The van der Waals surface area contributed by atoms with Gasteiger partial charge >= 0.3 is 13.1 Å². The number of hydrogen-bond donors (Lipinski definition) is 5. The molecule has 1 fully saturated rings. The van der Waals surface area contributed by atoms with Crippen molar-refractivity contribution in [3.63, 3.8) is 0 Å². The van der Waals surface area contributed by atoms with Gasteiger partial charge in [0.2, 0.25) is 0 Å². The molecule has 120 valence electrons. The van der Waals surface area contributed by atoms with Crippen LogP contribution in [0.2, 0.25) is 6.32 Å². The zero-order valence-electron chi connectivity index (χ0n) is 13.2. The summed E-state index contributed by atoms with van der Waals surface area (Å²) in [6.45, 7) is 8.00. The summed E-state index contributed by atoms with van der Waals surface area (Å²) in [5.41, 5.74) is 10.3. The van der Waals surface area contributed by atoms with Crippen LogP contribution in [0.25, 0.3) is 0 Å². The molecule has 0 spiro atoms. The molecule has 0 aromatic rings. The predicted octanol–water partition coefficient (Wildman–Crippen LogP) is 0.811. The molecule has 0 aliphatic heterocycles. The van der Waals surface area contributed by atoms with E-state index in [4.69, 9.17) is 26.6 Å². The molecule has 7 N–H and O–H groups in total. The predicted molar refractivity (Wildman–Crippen MR) is 82.2 cm³/mol. The van der Waals surface area contributed by atoms with Crippen LogP contribution in [-0.2, 0) is 4.79 Å². The monoisotopic (exact) mass is 290 g/mol. The van der Waals surface area contributed by atoms with Crippen LogP contribution < -0.4 is 11.5 Å². The number of carboxylic acids is 1. The van der Waals surface area contributed by atoms with Crippen molar-refractivity contribution in [2.75, 3.05) is 0 Å². The molecule has 3 unspecified atom stereocenters. The molecule has 0 amide bonds. The van der Waals surface area contributed by atoms with Crippen LogP contribution in [0.3, 0.4) is 0 Å². The van der Waals surface area contributed by atoms with Gasteiger partial charge in [0.15, 0.2) is 0 Å².